The number of hydrogen-bond acceptors (Lipinski definition) is 2. The van der Waals surface area contributed by atoms with Crippen molar-refractivity contribution in [1.29, 1.82) is 0 Å². The number of sulfonamides is 1. The van der Waals surface area contributed by atoms with E-state index in [4.69, 9.17) is 0 Å². The molecule has 0 radical (unpaired) electrons. The van der Waals surface area contributed by atoms with Crippen molar-refractivity contribution in [1.82, 2.24) is 4.72 Å². The van der Waals surface area contributed by atoms with E-state index in [0.29, 0.717) is 6.54 Å². The minimum Gasteiger partial charge on any atom is -0.211 e. The average Bonchev–Trinajstić information content (AvgIpc) is 2.51. The molecular formula is C18H29Br2NO2S. The van der Waals surface area contributed by atoms with Gasteiger partial charge in [0, 0.05) is 15.5 Å². The van der Waals surface area contributed by atoms with Gasteiger partial charge in [0.15, 0.2) is 0 Å². The second-order valence-electron chi connectivity index (χ2n) is 6.18. The topological polar surface area (TPSA) is 46.2 Å². The molecule has 1 aromatic rings. The Hall–Kier alpha value is 0.0900. The Labute approximate surface area is 164 Å². The monoisotopic (exact) mass is 481 g/mol. The van der Waals surface area contributed by atoms with Crippen LogP contribution in [0.4, 0.5) is 0 Å². The van der Waals surface area contributed by atoms with Gasteiger partial charge in [0.05, 0.1) is 4.90 Å². The smallest absolute Gasteiger partial charge is 0.211 e. The van der Waals surface area contributed by atoms with Gasteiger partial charge in [0.25, 0.3) is 0 Å². The normalized spacial score (nSPS) is 11.8. The molecule has 6 heteroatoms. The minimum atomic E-state index is -3.43. The third-order valence-electron chi connectivity index (χ3n) is 3.97. The molecule has 1 N–H and O–H groups in total. The predicted octanol–water partition coefficient (Wildman–Crippen LogP) is 6.41. The predicted molar refractivity (Wildman–Crippen MR) is 109 cm³/mol. The standard InChI is InChI=1S/C18H29Br2NO2S/c1-2-3-4-5-6-7-8-9-10-11-12-21-24(22,23)18-14-16(19)13-17(20)15-18/h13-15,21H,2-12H2,1H3. The van der Waals surface area contributed by atoms with Crippen LogP contribution in [0, 0.1) is 0 Å². The Balaban J connectivity index is 2.14. The van der Waals surface area contributed by atoms with Gasteiger partial charge in [-0.15, -0.1) is 0 Å². The summed E-state index contributed by atoms with van der Waals surface area (Å²) in [5.41, 5.74) is 0. The summed E-state index contributed by atoms with van der Waals surface area (Å²) in [4.78, 5) is 0.288. The summed E-state index contributed by atoms with van der Waals surface area (Å²) in [7, 11) is -3.43. The first-order valence-electron chi connectivity index (χ1n) is 8.91. The molecule has 138 valence electrons. The van der Waals surface area contributed by atoms with Crippen LogP contribution in [0.25, 0.3) is 0 Å². The van der Waals surface area contributed by atoms with Gasteiger partial charge < -0.3 is 0 Å². The van der Waals surface area contributed by atoms with E-state index in [2.05, 4.69) is 43.5 Å². The molecule has 0 aliphatic heterocycles. The van der Waals surface area contributed by atoms with Crippen LogP contribution >= 0.6 is 31.9 Å². The molecule has 0 bridgehead atoms. The van der Waals surface area contributed by atoms with E-state index >= 15 is 0 Å². The highest BCUT2D eigenvalue weighted by atomic mass is 79.9. The summed E-state index contributed by atoms with van der Waals surface area (Å²) < 4.78 is 28.7. The first-order valence-corrected chi connectivity index (χ1v) is 12.0. The van der Waals surface area contributed by atoms with Crippen molar-refractivity contribution in [3.63, 3.8) is 0 Å². The molecule has 0 amide bonds. The lowest BCUT2D eigenvalue weighted by Crippen LogP contribution is -2.24. The number of unbranched alkanes of at least 4 members (excludes halogenated alkanes) is 9. The van der Waals surface area contributed by atoms with E-state index in [9.17, 15) is 8.42 Å². The molecular weight excluding hydrogens is 454 g/mol. The number of halogens is 2. The third kappa shape index (κ3) is 9.54. The van der Waals surface area contributed by atoms with Crippen LogP contribution in [0.15, 0.2) is 32.0 Å². The molecule has 1 aromatic carbocycles. The second kappa shape index (κ2) is 12.4. The molecule has 0 unspecified atom stereocenters. The highest BCUT2D eigenvalue weighted by Crippen LogP contribution is 2.23. The van der Waals surface area contributed by atoms with Gasteiger partial charge in [-0.25, -0.2) is 13.1 Å². The van der Waals surface area contributed by atoms with Crippen molar-refractivity contribution in [2.75, 3.05) is 6.54 Å². The average molecular weight is 483 g/mol. The summed E-state index contributed by atoms with van der Waals surface area (Å²) in [6, 6.07) is 5.05. The molecule has 0 saturated carbocycles. The zero-order valence-corrected chi connectivity index (χ0v) is 18.5. The summed E-state index contributed by atoms with van der Waals surface area (Å²) >= 11 is 6.64. The summed E-state index contributed by atoms with van der Waals surface area (Å²) in [5.74, 6) is 0. The quantitative estimate of drug-likeness (QED) is 0.330. The fraction of sp³-hybridized carbons (Fsp3) is 0.667. The Morgan fingerprint density at radius 3 is 1.75 bits per heavy atom. The summed E-state index contributed by atoms with van der Waals surface area (Å²) in [5, 5.41) is 0. The first-order chi connectivity index (χ1) is 11.5. The van der Waals surface area contributed by atoms with Crippen LogP contribution in [-0.4, -0.2) is 15.0 Å². The van der Waals surface area contributed by atoms with E-state index in [-0.39, 0.29) is 4.90 Å². The van der Waals surface area contributed by atoms with E-state index < -0.39 is 10.0 Å². The number of benzene rings is 1. The van der Waals surface area contributed by atoms with Crippen LogP contribution < -0.4 is 4.72 Å². The van der Waals surface area contributed by atoms with Gasteiger partial charge in [-0.1, -0.05) is 96.6 Å². The maximum atomic E-state index is 12.2. The maximum Gasteiger partial charge on any atom is 0.240 e. The highest BCUT2D eigenvalue weighted by Gasteiger charge is 2.14. The van der Waals surface area contributed by atoms with Crippen molar-refractivity contribution in [2.45, 2.75) is 76.0 Å². The van der Waals surface area contributed by atoms with Crippen molar-refractivity contribution >= 4 is 41.9 Å². The largest absolute Gasteiger partial charge is 0.240 e. The molecule has 0 atom stereocenters. The lowest BCUT2D eigenvalue weighted by atomic mass is 10.1. The Bertz CT molecular complexity index is 556. The molecule has 0 saturated heterocycles. The van der Waals surface area contributed by atoms with Crippen molar-refractivity contribution in [2.24, 2.45) is 0 Å². The number of rotatable bonds is 13. The lowest BCUT2D eigenvalue weighted by Gasteiger charge is -2.08. The van der Waals surface area contributed by atoms with Crippen molar-refractivity contribution in [3.05, 3.63) is 27.1 Å². The molecule has 3 nitrogen and oxygen atoms in total. The number of hydrogen-bond donors (Lipinski definition) is 1. The zero-order chi connectivity index (χ0) is 17.8. The van der Waals surface area contributed by atoms with Crippen LogP contribution in [0.5, 0.6) is 0 Å². The molecule has 0 spiro atoms. The van der Waals surface area contributed by atoms with Gasteiger partial charge in [0.1, 0.15) is 0 Å². The zero-order valence-electron chi connectivity index (χ0n) is 14.5. The minimum absolute atomic E-state index is 0.288. The summed E-state index contributed by atoms with van der Waals surface area (Å²) in [6.07, 6.45) is 12.5. The van der Waals surface area contributed by atoms with Crippen LogP contribution in [0.1, 0.15) is 71.1 Å². The van der Waals surface area contributed by atoms with E-state index in [1.807, 2.05) is 6.07 Å². The third-order valence-corrected chi connectivity index (χ3v) is 6.32. The van der Waals surface area contributed by atoms with Gasteiger partial charge in [-0.05, 0) is 24.6 Å². The lowest BCUT2D eigenvalue weighted by molar-refractivity contribution is 0.549. The second-order valence-corrected chi connectivity index (χ2v) is 9.78. The van der Waals surface area contributed by atoms with Crippen LogP contribution in [-0.2, 0) is 10.0 Å². The van der Waals surface area contributed by atoms with Gasteiger partial charge in [-0.2, -0.15) is 0 Å². The Morgan fingerprint density at radius 2 is 1.25 bits per heavy atom. The maximum absolute atomic E-state index is 12.2. The van der Waals surface area contributed by atoms with Gasteiger partial charge in [-0.3, -0.25) is 0 Å². The van der Waals surface area contributed by atoms with Crippen molar-refractivity contribution < 1.29 is 8.42 Å². The van der Waals surface area contributed by atoms with Gasteiger partial charge in [0.2, 0.25) is 10.0 Å². The van der Waals surface area contributed by atoms with E-state index in [0.717, 1.165) is 21.8 Å². The summed E-state index contributed by atoms with van der Waals surface area (Å²) in [6.45, 7) is 2.74. The molecule has 1 rings (SSSR count). The molecule has 24 heavy (non-hydrogen) atoms. The molecule has 0 aromatic heterocycles. The van der Waals surface area contributed by atoms with Crippen molar-refractivity contribution in [3.8, 4) is 0 Å². The molecule has 0 heterocycles. The van der Waals surface area contributed by atoms with Crippen LogP contribution in [0.3, 0.4) is 0 Å². The molecule has 0 aliphatic carbocycles. The molecule has 0 fully saturated rings. The molecule has 0 aliphatic rings. The highest BCUT2D eigenvalue weighted by molar-refractivity contribution is 9.11. The Morgan fingerprint density at radius 1 is 0.792 bits per heavy atom. The SMILES string of the molecule is CCCCCCCCCCCCNS(=O)(=O)c1cc(Br)cc(Br)c1. The Kier molecular flexibility index (Phi) is 11.5. The van der Waals surface area contributed by atoms with E-state index in [1.165, 1.54) is 51.4 Å². The number of nitrogens with one attached hydrogen (secondary N) is 1. The fourth-order valence-electron chi connectivity index (χ4n) is 2.59. The first kappa shape index (κ1) is 22.1. The van der Waals surface area contributed by atoms with E-state index in [1.54, 1.807) is 12.1 Å². The van der Waals surface area contributed by atoms with Gasteiger partial charge >= 0.3 is 0 Å². The fourth-order valence-corrected chi connectivity index (χ4v) is 5.33. The van der Waals surface area contributed by atoms with Crippen LogP contribution in [0.2, 0.25) is 0 Å².